The second kappa shape index (κ2) is 4.76. The van der Waals surface area contributed by atoms with Gasteiger partial charge in [-0.3, -0.25) is 0 Å². The minimum absolute atomic E-state index is 0.182. The number of hydrogen-bond acceptors (Lipinski definition) is 5. The maximum atomic E-state index is 8.81. The van der Waals surface area contributed by atoms with Crippen LogP contribution in [0.25, 0.3) is 11.1 Å². The molecule has 16 heavy (non-hydrogen) atoms. The van der Waals surface area contributed by atoms with Gasteiger partial charge in [0, 0.05) is 23.6 Å². The monoisotopic (exact) mass is 238 g/mol. The van der Waals surface area contributed by atoms with Gasteiger partial charge in [-0.05, 0) is 18.6 Å². The molecule has 0 saturated heterocycles. The zero-order valence-corrected chi connectivity index (χ0v) is 9.83. The molecule has 3 N–H and O–H groups in total. The lowest BCUT2D eigenvalue weighted by atomic mass is 10.3. The van der Waals surface area contributed by atoms with Crippen LogP contribution in [0.2, 0.25) is 0 Å². The number of fused-ring (bicyclic) bond motifs is 1. The molecule has 0 radical (unpaired) electrons. The standard InChI is InChI=1S/C11H14N2O2S/c1-7(4-5-14)16-11-13-9-3-2-8(12)6-10(9)15-11/h2-3,6-7,14H,4-5,12H2,1H3. The number of nitrogen functional groups attached to an aromatic ring is 1. The number of aliphatic hydroxyl groups excluding tert-OH is 1. The highest BCUT2D eigenvalue weighted by atomic mass is 32.2. The van der Waals surface area contributed by atoms with E-state index in [4.69, 9.17) is 15.3 Å². The van der Waals surface area contributed by atoms with Gasteiger partial charge in [-0.1, -0.05) is 18.7 Å². The lowest BCUT2D eigenvalue weighted by Crippen LogP contribution is -1.98. The second-order valence-corrected chi connectivity index (χ2v) is 5.04. The first-order valence-electron chi connectivity index (χ1n) is 5.12. The summed E-state index contributed by atoms with van der Waals surface area (Å²) in [7, 11) is 0. The van der Waals surface area contributed by atoms with Crippen LogP contribution >= 0.6 is 11.8 Å². The zero-order valence-electron chi connectivity index (χ0n) is 9.01. The predicted molar refractivity (Wildman–Crippen MR) is 65.4 cm³/mol. The number of nitrogens with zero attached hydrogens (tertiary/aromatic N) is 1. The van der Waals surface area contributed by atoms with Crippen LogP contribution in [0.1, 0.15) is 13.3 Å². The molecule has 2 aromatic rings. The minimum atomic E-state index is 0.182. The van der Waals surface area contributed by atoms with Crippen molar-refractivity contribution in [1.29, 1.82) is 0 Å². The molecule has 5 heteroatoms. The van der Waals surface area contributed by atoms with E-state index in [0.717, 1.165) is 11.9 Å². The van der Waals surface area contributed by atoms with Crippen molar-refractivity contribution in [3.63, 3.8) is 0 Å². The number of nitrogens with two attached hydrogens (primary N) is 1. The molecule has 1 unspecified atom stereocenters. The van der Waals surface area contributed by atoms with E-state index < -0.39 is 0 Å². The zero-order chi connectivity index (χ0) is 11.5. The molecule has 2 rings (SSSR count). The third-order valence-corrected chi connectivity index (χ3v) is 3.24. The Kier molecular flexibility index (Phi) is 3.36. The van der Waals surface area contributed by atoms with Crippen LogP contribution in [0, 0.1) is 0 Å². The summed E-state index contributed by atoms with van der Waals surface area (Å²) < 4.78 is 5.56. The van der Waals surface area contributed by atoms with Gasteiger partial charge >= 0.3 is 0 Å². The molecular formula is C11H14N2O2S. The summed E-state index contributed by atoms with van der Waals surface area (Å²) in [6.07, 6.45) is 0.728. The van der Waals surface area contributed by atoms with Crippen LogP contribution in [0.15, 0.2) is 27.8 Å². The van der Waals surface area contributed by atoms with Gasteiger partial charge < -0.3 is 15.3 Å². The van der Waals surface area contributed by atoms with E-state index >= 15 is 0 Å². The maximum Gasteiger partial charge on any atom is 0.257 e. The fraction of sp³-hybridized carbons (Fsp3) is 0.364. The van der Waals surface area contributed by atoms with Crippen molar-refractivity contribution in [1.82, 2.24) is 4.98 Å². The van der Waals surface area contributed by atoms with Crippen LogP contribution in [-0.2, 0) is 0 Å². The number of rotatable bonds is 4. The van der Waals surface area contributed by atoms with E-state index in [9.17, 15) is 0 Å². The Morgan fingerprint density at radius 2 is 2.38 bits per heavy atom. The summed E-state index contributed by atoms with van der Waals surface area (Å²) in [6, 6.07) is 5.41. The summed E-state index contributed by atoms with van der Waals surface area (Å²) >= 11 is 1.52. The van der Waals surface area contributed by atoms with E-state index in [1.54, 1.807) is 12.1 Å². The average Bonchev–Trinajstić information content (AvgIpc) is 2.59. The smallest absolute Gasteiger partial charge is 0.257 e. The molecule has 1 heterocycles. The molecule has 1 aromatic heterocycles. The van der Waals surface area contributed by atoms with Crippen LogP contribution in [0.4, 0.5) is 5.69 Å². The van der Waals surface area contributed by atoms with Gasteiger partial charge in [-0.2, -0.15) is 0 Å². The minimum Gasteiger partial charge on any atom is -0.431 e. The molecule has 0 bridgehead atoms. The molecule has 0 aliphatic rings. The number of oxazole rings is 1. The third-order valence-electron chi connectivity index (χ3n) is 2.23. The van der Waals surface area contributed by atoms with E-state index in [-0.39, 0.29) is 11.9 Å². The van der Waals surface area contributed by atoms with Crippen molar-refractivity contribution in [2.75, 3.05) is 12.3 Å². The molecule has 86 valence electrons. The highest BCUT2D eigenvalue weighted by Gasteiger charge is 2.10. The predicted octanol–water partition coefficient (Wildman–Crippen LogP) is 2.27. The van der Waals surface area contributed by atoms with Crippen molar-refractivity contribution < 1.29 is 9.52 Å². The van der Waals surface area contributed by atoms with Crippen LogP contribution in [-0.4, -0.2) is 21.9 Å². The Hall–Kier alpha value is -1.20. The van der Waals surface area contributed by atoms with Gasteiger partial charge in [0.05, 0.1) is 0 Å². The first kappa shape index (κ1) is 11.3. The Balaban J connectivity index is 2.19. The Morgan fingerprint density at radius 3 is 3.12 bits per heavy atom. The van der Waals surface area contributed by atoms with Crippen molar-refractivity contribution in [3.8, 4) is 0 Å². The lowest BCUT2D eigenvalue weighted by molar-refractivity contribution is 0.288. The van der Waals surface area contributed by atoms with E-state index in [2.05, 4.69) is 4.98 Å². The number of anilines is 1. The van der Waals surface area contributed by atoms with E-state index in [1.807, 2.05) is 13.0 Å². The fourth-order valence-electron chi connectivity index (χ4n) is 1.38. The molecule has 0 aliphatic heterocycles. The molecule has 0 aliphatic carbocycles. The molecule has 4 nitrogen and oxygen atoms in total. The largest absolute Gasteiger partial charge is 0.431 e. The van der Waals surface area contributed by atoms with E-state index in [0.29, 0.717) is 16.5 Å². The third kappa shape index (κ3) is 2.48. The van der Waals surface area contributed by atoms with Crippen LogP contribution < -0.4 is 5.73 Å². The van der Waals surface area contributed by atoms with Gasteiger partial charge in [-0.25, -0.2) is 4.98 Å². The normalized spacial score (nSPS) is 13.1. The molecule has 0 amide bonds. The molecular weight excluding hydrogens is 224 g/mol. The summed E-state index contributed by atoms with van der Waals surface area (Å²) in [4.78, 5) is 4.34. The number of thioether (sulfide) groups is 1. The summed E-state index contributed by atoms with van der Waals surface area (Å²) in [5.74, 6) is 0. The highest BCUT2D eigenvalue weighted by Crippen LogP contribution is 2.28. The van der Waals surface area contributed by atoms with Gasteiger partial charge in [-0.15, -0.1) is 0 Å². The SMILES string of the molecule is CC(CCO)Sc1nc2ccc(N)cc2o1. The Bertz CT molecular complexity index is 484. The van der Waals surface area contributed by atoms with E-state index in [1.165, 1.54) is 11.8 Å². The number of aliphatic hydroxyl groups is 1. The van der Waals surface area contributed by atoms with Gasteiger partial charge in [0.15, 0.2) is 5.58 Å². The number of benzene rings is 1. The quantitative estimate of drug-likeness (QED) is 0.631. The average molecular weight is 238 g/mol. The van der Waals surface area contributed by atoms with Crippen molar-refractivity contribution >= 4 is 28.5 Å². The summed E-state index contributed by atoms with van der Waals surface area (Å²) in [5, 5.41) is 9.72. The second-order valence-electron chi connectivity index (χ2n) is 3.65. The fourth-order valence-corrected chi connectivity index (χ4v) is 2.24. The molecule has 0 spiro atoms. The van der Waals surface area contributed by atoms with Crippen molar-refractivity contribution in [2.45, 2.75) is 23.8 Å². The van der Waals surface area contributed by atoms with Gasteiger partial charge in [0.25, 0.3) is 5.22 Å². The Labute approximate surface area is 97.8 Å². The first-order valence-corrected chi connectivity index (χ1v) is 6.00. The Morgan fingerprint density at radius 1 is 1.56 bits per heavy atom. The van der Waals surface area contributed by atoms with Gasteiger partial charge in [0.1, 0.15) is 5.52 Å². The highest BCUT2D eigenvalue weighted by molar-refractivity contribution is 7.99. The van der Waals surface area contributed by atoms with Crippen molar-refractivity contribution in [3.05, 3.63) is 18.2 Å². The molecule has 1 atom stereocenters. The lowest BCUT2D eigenvalue weighted by Gasteiger charge is -2.04. The van der Waals surface area contributed by atoms with Gasteiger partial charge in [0.2, 0.25) is 0 Å². The molecule has 0 saturated carbocycles. The van der Waals surface area contributed by atoms with Crippen LogP contribution in [0.3, 0.4) is 0 Å². The number of aromatic nitrogens is 1. The number of hydrogen-bond donors (Lipinski definition) is 2. The first-order chi connectivity index (χ1) is 7.69. The van der Waals surface area contributed by atoms with Crippen molar-refractivity contribution in [2.24, 2.45) is 0 Å². The summed E-state index contributed by atoms with van der Waals surface area (Å²) in [6.45, 7) is 2.21. The molecule has 0 fully saturated rings. The maximum absolute atomic E-state index is 8.81. The topological polar surface area (TPSA) is 72.3 Å². The molecule has 1 aromatic carbocycles. The summed E-state index contributed by atoms with van der Waals surface area (Å²) in [5.41, 5.74) is 7.84. The van der Waals surface area contributed by atoms with Crippen LogP contribution in [0.5, 0.6) is 0 Å².